The van der Waals surface area contributed by atoms with E-state index in [1.807, 2.05) is 5.10 Å². The molecule has 0 aliphatic rings. The third kappa shape index (κ3) is 1.57. The molecule has 0 atom stereocenters. The molecule has 7 heteroatoms. The number of nitrogens with zero attached hydrogens (tertiary/aromatic N) is 3. The van der Waals surface area contributed by atoms with E-state index in [1.54, 1.807) is 0 Å². The number of nitrogens with one attached hydrogen (secondary N) is 1. The van der Waals surface area contributed by atoms with Gasteiger partial charge in [-0.05, 0) is 0 Å². The second-order valence-corrected chi connectivity index (χ2v) is 1.94. The fourth-order valence-corrected chi connectivity index (χ4v) is 0.642. The van der Waals surface area contributed by atoms with E-state index >= 15 is 0 Å². The lowest BCUT2D eigenvalue weighted by molar-refractivity contribution is 0.320. The lowest BCUT2D eigenvalue weighted by Gasteiger charge is -1.95. The third-order valence-corrected chi connectivity index (χ3v) is 1.18. The molecule has 1 aromatic heterocycles. The Labute approximate surface area is 66.0 Å². The van der Waals surface area contributed by atoms with Gasteiger partial charge in [-0.15, -0.1) is 5.16 Å². The fourth-order valence-electron chi connectivity index (χ4n) is 0.642. The van der Waals surface area contributed by atoms with Crippen LogP contribution in [0.3, 0.4) is 0 Å². The monoisotopic (exact) mass is 170 g/mol. The molecule has 7 nitrogen and oxygen atoms in total. The summed E-state index contributed by atoms with van der Waals surface area (Å²) in [6.45, 7) is 0.0201. The minimum atomic E-state index is -0.802. The average Bonchev–Trinajstić information content (AvgIpc) is 2.08. The molecule has 0 unspecified atom stereocenters. The molecule has 0 aliphatic heterocycles. The van der Waals surface area contributed by atoms with Crippen molar-refractivity contribution in [3.8, 4) is 0 Å². The van der Waals surface area contributed by atoms with Crippen LogP contribution in [0.15, 0.2) is 21.1 Å². The summed E-state index contributed by atoms with van der Waals surface area (Å²) in [6, 6.07) is 0. The smallest absolute Gasteiger partial charge is 0.330 e. The van der Waals surface area contributed by atoms with Crippen molar-refractivity contribution in [1.29, 1.82) is 0 Å². The van der Waals surface area contributed by atoms with E-state index < -0.39 is 11.1 Å². The number of hydrogen-bond donors (Lipinski definition) is 2. The predicted octanol–water partition coefficient (Wildman–Crippen LogP) is -1.61. The topological polar surface area (TPSA) is 100 Å². The van der Waals surface area contributed by atoms with Gasteiger partial charge in [0.05, 0.1) is 12.8 Å². The van der Waals surface area contributed by atoms with Gasteiger partial charge in [0.2, 0.25) is 0 Å². The molecule has 1 heterocycles. The molecule has 64 valence electrons. The first-order chi connectivity index (χ1) is 5.75. The van der Waals surface area contributed by atoms with Crippen LogP contribution < -0.4 is 11.1 Å². The first-order valence-corrected chi connectivity index (χ1v) is 3.05. The molecule has 0 bridgehead atoms. The second kappa shape index (κ2) is 3.46. The Hall–Kier alpha value is -1.92. The Bertz CT molecular complexity index is 390. The van der Waals surface area contributed by atoms with Gasteiger partial charge in [-0.25, -0.2) is 5.10 Å². The van der Waals surface area contributed by atoms with Crippen molar-refractivity contribution in [2.45, 2.75) is 6.54 Å². The molecule has 0 saturated carbocycles. The van der Waals surface area contributed by atoms with Gasteiger partial charge in [0.15, 0.2) is 0 Å². The van der Waals surface area contributed by atoms with Crippen LogP contribution in [0, 0.1) is 0 Å². The van der Waals surface area contributed by atoms with Crippen molar-refractivity contribution in [3.63, 3.8) is 0 Å². The maximum absolute atomic E-state index is 10.9. The Morgan fingerprint density at radius 3 is 3.17 bits per heavy atom. The average molecular weight is 170 g/mol. The molecule has 0 amide bonds. The minimum Gasteiger partial charge on any atom is -0.411 e. The Balaban J connectivity index is 3.09. The first kappa shape index (κ1) is 8.18. The highest BCUT2D eigenvalue weighted by Gasteiger charge is 1.96. The van der Waals surface area contributed by atoms with Gasteiger partial charge < -0.3 is 5.21 Å². The van der Waals surface area contributed by atoms with Crippen LogP contribution in [0.1, 0.15) is 0 Å². The van der Waals surface area contributed by atoms with Gasteiger partial charge in [-0.1, -0.05) is 0 Å². The highest BCUT2D eigenvalue weighted by Crippen LogP contribution is 1.68. The van der Waals surface area contributed by atoms with Gasteiger partial charge in [0, 0.05) is 0 Å². The Kier molecular flexibility index (Phi) is 2.36. The summed E-state index contributed by atoms with van der Waals surface area (Å²) in [5, 5.41) is 16.1. The normalized spacial score (nSPS) is 10.7. The summed E-state index contributed by atoms with van der Waals surface area (Å²) in [6.07, 6.45) is 2.22. The zero-order chi connectivity index (χ0) is 8.97. The maximum Gasteiger partial charge on any atom is 0.330 e. The zero-order valence-corrected chi connectivity index (χ0v) is 5.97. The summed E-state index contributed by atoms with van der Waals surface area (Å²) < 4.78 is 1.01. The molecule has 12 heavy (non-hydrogen) atoms. The fraction of sp³-hybridized carbons (Fsp3) is 0.200. The van der Waals surface area contributed by atoms with Crippen molar-refractivity contribution >= 4 is 6.21 Å². The molecule has 0 aliphatic carbocycles. The Morgan fingerprint density at radius 2 is 2.50 bits per heavy atom. The zero-order valence-electron chi connectivity index (χ0n) is 5.97. The summed E-state index contributed by atoms with van der Waals surface area (Å²) in [7, 11) is 0. The summed E-state index contributed by atoms with van der Waals surface area (Å²) in [5.41, 5.74) is -1.53. The third-order valence-electron chi connectivity index (χ3n) is 1.18. The summed E-state index contributed by atoms with van der Waals surface area (Å²) in [5.74, 6) is 0. The van der Waals surface area contributed by atoms with Crippen LogP contribution >= 0.6 is 0 Å². The molecule has 0 fully saturated rings. The van der Waals surface area contributed by atoms with E-state index in [1.165, 1.54) is 0 Å². The van der Waals surface area contributed by atoms with Crippen LogP contribution in [0.5, 0.6) is 0 Å². The minimum absolute atomic E-state index is 0.0201. The number of hydrogen-bond acceptors (Lipinski definition) is 5. The van der Waals surface area contributed by atoms with Crippen molar-refractivity contribution in [3.05, 3.63) is 27.0 Å². The van der Waals surface area contributed by atoms with Gasteiger partial charge >= 0.3 is 11.1 Å². The Morgan fingerprint density at radius 1 is 1.75 bits per heavy atom. The van der Waals surface area contributed by atoms with E-state index in [2.05, 4.69) is 10.3 Å². The van der Waals surface area contributed by atoms with Crippen LogP contribution in [-0.2, 0) is 6.54 Å². The lowest BCUT2D eigenvalue weighted by atomic mass is 10.6. The quantitative estimate of drug-likeness (QED) is 0.241. The van der Waals surface area contributed by atoms with Crippen molar-refractivity contribution in [1.82, 2.24) is 14.8 Å². The second-order valence-electron chi connectivity index (χ2n) is 1.94. The van der Waals surface area contributed by atoms with Gasteiger partial charge in [0.1, 0.15) is 6.33 Å². The van der Waals surface area contributed by atoms with E-state index in [-0.39, 0.29) is 6.54 Å². The molecular weight excluding hydrogens is 164 g/mol. The number of oxime groups is 1. The molecule has 0 saturated heterocycles. The summed E-state index contributed by atoms with van der Waals surface area (Å²) in [4.78, 5) is 21.6. The molecule has 0 spiro atoms. The molecule has 0 aromatic carbocycles. The highest BCUT2D eigenvalue weighted by molar-refractivity contribution is 5.55. The van der Waals surface area contributed by atoms with E-state index in [4.69, 9.17) is 5.21 Å². The SMILES string of the molecule is O=c1[nH]ncn(C/C=N/O)c1=O. The highest BCUT2D eigenvalue weighted by atomic mass is 16.4. The summed E-state index contributed by atoms with van der Waals surface area (Å²) >= 11 is 0. The van der Waals surface area contributed by atoms with Crippen molar-refractivity contribution in [2.24, 2.45) is 5.16 Å². The number of aromatic amines is 1. The molecule has 1 rings (SSSR count). The standard InChI is InChI=1S/C5H6N4O3/c10-4-5(11)9(2-1-7-12)3-6-8-4/h1,3,12H,2H2,(H,8,10)/b7-1+. The molecule has 2 N–H and O–H groups in total. The van der Waals surface area contributed by atoms with Crippen LogP contribution in [0.2, 0.25) is 0 Å². The largest absolute Gasteiger partial charge is 0.411 e. The number of aromatic nitrogens is 3. The maximum atomic E-state index is 10.9. The van der Waals surface area contributed by atoms with Crippen LogP contribution in [0.25, 0.3) is 0 Å². The predicted molar refractivity (Wildman–Crippen MR) is 39.4 cm³/mol. The van der Waals surface area contributed by atoms with Crippen LogP contribution in [-0.4, -0.2) is 26.2 Å². The van der Waals surface area contributed by atoms with Gasteiger partial charge in [0.25, 0.3) is 0 Å². The van der Waals surface area contributed by atoms with Gasteiger partial charge in [-0.3, -0.25) is 14.2 Å². The van der Waals surface area contributed by atoms with E-state index in [0.29, 0.717) is 0 Å². The van der Waals surface area contributed by atoms with Crippen molar-refractivity contribution < 1.29 is 5.21 Å². The molecule has 0 radical (unpaired) electrons. The number of rotatable bonds is 2. The molecule has 1 aromatic rings. The van der Waals surface area contributed by atoms with Crippen molar-refractivity contribution in [2.75, 3.05) is 0 Å². The van der Waals surface area contributed by atoms with Crippen LogP contribution in [0.4, 0.5) is 0 Å². The van der Waals surface area contributed by atoms with E-state index in [9.17, 15) is 9.59 Å². The molecular formula is C5H6N4O3. The van der Waals surface area contributed by atoms with Gasteiger partial charge in [-0.2, -0.15) is 5.10 Å². The van der Waals surface area contributed by atoms with E-state index in [0.717, 1.165) is 17.1 Å². The number of H-pyrrole nitrogens is 1. The lowest BCUT2D eigenvalue weighted by Crippen LogP contribution is -2.36. The first-order valence-electron chi connectivity index (χ1n) is 3.05.